The Morgan fingerprint density at radius 3 is 2.75 bits per heavy atom. The molecule has 1 aromatic rings. The van der Waals surface area contributed by atoms with Gasteiger partial charge in [0.1, 0.15) is 6.04 Å². The first-order chi connectivity index (χ1) is 9.47. The molecule has 0 aliphatic heterocycles. The maximum atomic E-state index is 11.8. The molecular formula is C11H19N5O3S. The summed E-state index contributed by atoms with van der Waals surface area (Å²) in [4.78, 5) is 27.3. The van der Waals surface area contributed by atoms with E-state index in [1.807, 2.05) is 13.8 Å². The SMILES string of the molecule is CCC(C)C(NC(=O)CSc1n[nH]c(N)n1)C(=O)OC. The number of hydrogen-bond acceptors (Lipinski definition) is 7. The van der Waals surface area contributed by atoms with Crippen molar-refractivity contribution in [3.8, 4) is 0 Å². The van der Waals surface area contributed by atoms with E-state index in [0.29, 0.717) is 5.16 Å². The Hall–Kier alpha value is -1.77. The van der Waals surface area contributed by atoms with Crippen LogP contribution in [-0.2, 0) is 14.3 Å². The third kappa shape index (κ3) is 4.72. The van der Waals surface area contributed by atoms with Gasteiger partial charge in [-0.2, -0.15) is 4.98 Å². The van der Waals surface area contributed by atoms with Crippen molar-refractivity contribution >= 4 is 29.6 Å². The van der Waals surface area contributed by atoms with Crippen LogP contribution in [0.5, 0.6) is 0 Å². The normalized spacial score (nSPS) is 13.6. The van der Waals surface area contributed by atoms with E-state index in [1.165, 1.54) is 7.11 Å². The average Bonchev–Trinajstić information content (AvgIpc) is 2.86. The number of amides is 1. The van der Waals surface area contributed by atoms with Crippen LogP contribution in [0.3, 0.4) is 0 Å². The number of aromatic amines is 1. The van der Waals surface area contributed by atoms with Crippen LogP contribution in [0, 0.1) is 5.92 Å². The number of anilines is 1. The largest absolute Gasteiger partial charge is 0.467 e. The van der Waals surface area contributed by atoms with Crippen molar-refractivity contribution in [2.24, 2.45) is 5.92 Å². The molecule has 0 saturated heterocycles. The molecule has 9 heteroatoms. The third-order valence-electron chi connectivity index (χ3n) is 2.80. The first kappa shape index (κ1) is 16.3. The number of rotatable bonds is 7. The summed E-state index contributed by atoms with van der Waals surface area (Å²) in [5.41, 5.74) is 5.38. The number of carbonyl (C=O) groups excluding carboxylic acids is 2. The van der Waals surface area contributed by atoms with E-state index in [4.69, 9.17) is 10.5 Å². The van der Waals surface area contributed by atoms with Crippen molar-refractivity contribution in [1.29, 1.82) is 0 Å². The van der Waals surface area contributed by atoms with Crippen molar-refractivity contribution < 1.29 is 14.3 Å². The van der Waals surface area contributed by atoms with E-state index in [1.54, 1.807) is 0 Å². The summed E-state index contributed by atoms with van der Waals surface area (Å²) >= 11 is 1.13. The molecule has 0 aliphatic rings. The number of nitrogens with one attached hydrogen (secondary N) is 2. The van der Waals surface area contributed by atoms with Crippen molar-refractivity contribution in [3.63, 3.8) is 0 Å². The number of aromatic nitrogens is 3. The van der Waals surface area contributed by atoms with E-state index in [-0.39, 0.29) is 23.5 Å². The minimum absolute atomic E-state index is 0.00412. The Labute approximate surface area is 121 Å². The van der Waals surface area contributed by atoms with Gasteiger partial charge < -0.3 is 15.8 Å². The molecule has 112 valence electrons. The first-order valence-corrected chi connectivity index (χ1v) is 7.14. The summed E-state index contributed by atoms with van der Waals surface area (Å²) in [6.07, 6.45) is 0.755. The van der Waals surface area contributed by atoms with Crippen LogP contribution < -0.4 is 11.1 Å². The number of ether oxygens (including phenoxy) is 1. The zero-order valence-electron chi connectivity index (χ0n) is 11.7. The van der Waals surface area contributed by atoms with Crippen molar-refractivity contribution in [3.05, 3.63) is 0 Å². The van der Waals surface area contributed by atoms with Crippen LogP contribution in [0.4, 0.5) is 5.95 Å². The molecule has 0 bridgehead atoms. The Morgan fingerprint density at radius 1 is 1.55 bits per heavy atom. The maximum absolute atomic E-state index is 11.8. The zero-order valence-corrected chi connectivity index (χ0v) is 12.5. The van der Waals surface area contributed by atoms with Crippen molar-refractivity contribution in [2.75, 3.05) is 18.6 Å². The lowest BCUT2D eigenvalue weighted by Crippen LogP contribution is -2.46. The average molecular weight is 301 g/mol. The Kier molecular flexibility index (Phi) is 6.29. The topological polar surface area (TPSA) is 123 Å². The molecule has 0 fully saturated rings. The molecule has 4 N–H and O–H groups in total. The van der Waals surface area contributed by atoms with Gasteiger partial charge in [0.2, 0.25) is 17.0 Å². The number of nitrogen functional groups attached to an aromatic ring is 1. The van der Waals surface area contributed by atoms with Gasteiger partial charge in [0.25, 0.3) is 0 Å². The number of esters is 1. The third-order valence-corrected chi connectivity index (χ3v) is 3.65. The van der Waals surface area contributed by atoms with E-state index in [2.05, 4.69) is 20.5 Å². The molecule has 2 atom stereocenters. The van der Waals surface area contributed by atoms with Crippen LogP contribution in [-0.4, -0.2) is 46.0 Å². The summed E-state index contributed by atoms with van der Waals surface area (Å²) in [5.74, 6) is -0.439. The van der Waals surface area contributed by atoms with Crippen LogP contribution in [0.2, 0.25) is 0 Å². The molecule has 0 aromatic carbocycles. The predicted octanol–water partition coefficient (Wildman–Crippen LogP) is 0.183. The lowest BCUT2D eigenvalue weighted by Gasteiger charge is -2.21. The summed E-state index contributed by atoms with van der Waals surface area (Å²) in [6.45, 7) is 3.82. The van der Waals surface area contributed by atoms with E-state index in [0.717, 1.165) is 18.2 Å². The molecule has 1 heterocycles. The van der Waals surface area contributed by atoms with Gasteiger partial charge in [-0.3, -0.25) is 4.79 Å². The van der Waals surface area contributed by atoms with Gasteiger partial charge in [0.15, 0.2) is 0 Å². The van der Waals surface area contributed by atoms with Gasteiger partial charge >= 0.3 is 5.97 Å². The molecule has 0 spiro atoms. The highest BCUT2D eigenvalue weighted by Crippen LogP contribution is 2.13. The number of carbonyl (C=O) groups is 2. The maximum Gasteiger partial charge on any atom is 0.328 e. The van der Waals surface area contributed by atoms with Crippen molar-refractivity contribution in [1.82, 2.24) is 20.5 Å². The van der Waals surface area contributed by atoms with E-state index < -0.39 is 12.0 Å². The molecule has 8 nitrogen and oxygen atoms in total. The van der Waals surface area contributed by atoms with E-state index >= 15 is 0 Å². The first-order valence-electron chi connectivity index (χ1n) is 6.15. The van der Waals surface area contributed by atoms with Gasteiger partial charge in [-0.1, -0.05) is 32.0 Å². The van der Waals surface area contributed by atoms with Gasteiger partial charge in [-0.05, 0) is 5.92 Å². The van der Waals surface area contributed by atoms with Crippen molar-refractivity contribution in [2.45, 2.75) is 31.5 Å². The lowest BCUT2D eigenvalue weighted by molar-refractivity contribution is -0.146. The highest BCUT2D eigenvalue weighted by molar-refractivity contribution is 7.99. The van der Waals surface area contributed by atoms with Gasteiger partial charge in [-0.25, -0.2) is 9.89 Å². The molecule has 1 rings (SSSR count). The molecule has 2 unspecified atom stereocenters. The lowest BCUT2D eigenvalue weighted by atomic mass is 9.99. The molecule has 0 aliphatic carbocycles. The molecule has 0 radical (unpaired) electrons. The summed E-state index contributed by atoms with van der Waals surface area (Å²) in [7, 11) is 1.30. The summed E-state index contributed by atoms with van der Waals surface area (Å²) in [6, 6.07) is -0.643. The Balaban J connectivity index is 2.51. The monoisotopic (exact) mass is 301 g/mol. The van der Waals surface area contributed by atoms with E-state index in [9.17, 15) is 9.59 Å². The number of H-pyrrole nitrogens is 1. The van der Waals surface area contributed by atoms with Crippen LogP contribution in [0.25, 0.3) is 0 Å². The minimum Gasteiger partial charge on any atom is -0.467 e. The minimum atomic E-state index is -0.643. The van der Waals surface area contributed by atoms with Crippen LogP contribution in [0.1, 0.15) is 20.3 Å². The number of methoxy groups -OCH3 is 1. The highest BCUT2D eigenvalue weighted by Gasteiger charge is 2.26. The molecule has 1 aromatic heterocycles. The smallest absolute Gasteiger partial charge is 0.328 e. The predicted molar refractivity (Wildman–Crippen MR) is 74.9 cm³/mol. The summed E-state index contributed by atoms with van der Waals surface area (Å²) in [5, 5.41) is 9.33. The molecule has 0 saturated carbocycles. The second-order valence-corrected chi connectivity index (χ2v) is 5.19. The van der Waals surface area contributed by atoms with Gasteiger partial charge in [0.05, 0.1) is 12.9 Å². The van der Waals surface area contributed by atoms with Crippen LogP contribution >= 0.6 is 11.8 Å². The summed E-state index contributed by atoms with van der Waals surface area (Å²) < 4.78 is 4.70. The number of thioether (sulfide) groups is 1. The molecule has 20 heavy (non-hydrogen) atoms. The molecular weight excluding hydrogens is 282 g/mol. The zero-order chi connectivity index (χ0) is 15.1. The standard InChI is InChI=1S/C11H19N5O3S/c1-4-6(2)8(9(18)19-3)13-7(17)5-20-11-14-10(12)15-16-11/h6,8H,4-5H2,1-3H3,(H,13,17)(H3,12,14,15,16). The molecule has 1 amide bonds. The number of nitrogens with zero attached hydrogens (tertiary/aromatic N) is 2. The second kappa shape index (κ2) is 7.73. The Morgan fingerprint density at radius 2 is 2.25 bits per heavy atom. The fourth-order valence-corrected chi connectivity index (χ4v) is 2.08. The van der Waals surface area contributed by atoms with Gasteiger partial charge in [0, 0.05) is 0 Å². The Bertz CT molecular complexity index is 465. The number of nitrogens with two attached hydrogens (primary N) is 1. The van der Waals surface area contributed by atoms with Crippen LogP contribution in [0.15, 0.2) is 5.16 Å². The number of hydrogen-bond donors (Lipinski definition) is 3. The quantitative estimate of drug-likeness (QED) is 0.485. The second-order valence-electron chi connectivity index (χ2n) is 4.25. The highest BCUT2D eigenvalue weighted by atomic mass is 32.2. The fraction of sp³-hybridized carbons (Fsp3) is 0.636. The van der Waals surface area contributed by atoms with Gasteiger partial charge in [-0.15, -0.1) is 5.10 Å². The fourth-order valence-electron chi connectivity index (χ4n) is 1.46.